The Hall–Kier alpha value is -2.95. The number of aromatic amines is 1. The summed E-state index contributed by atoms with van der Waals surface area (Å²) in [5, 5.41) is 3.88. The van der Waals surface area contributed by atoms with E-state index in [1.807, 2.05) is 38.1 Å². The summed E-state index contributed by atoms with van der Waals surface area (Å²) in [5.74, 6) is 0. The first-order valence-corrected chi connectivity index (χ1v) is 7.08. The summed E-state index contributed by atoms with van der Waals surface area (Å²) in [4.78, 5) is 21.2. The van der Waals surface area contributed by atoms with E-state index >= 15 is 0 Å². The number of benzene rings is 1. The molecule has 22 heavy (non-hydrogen) atoms. The van der Waals surface area contributed by atoms with Crippen molar-refractivity contribution in [2.45, 2.75) is 13.8 Å². The Morgan fingerprint density at radius 2 is 1.82 bits per heavy atom. The quantitative estimate of drug-likeness (QED) is 0.586. The second kappa shape index (κ2) is 4.53. The Labute approximate surface area is 126 Å². The molecular formula is C17H14N4O. The van der Waals surface area contributed by atoms with Crippen molar-refractivity contribution in [1.29, 1.82) is 0 Å². The highest BCUT2D eigenvalue weighted by Crippen LogP contribution is 2.27. The van der Waals surface area contributed by atoms with Gasteiger partial charge in [0.2, 0.25) is 0 Å². The summed E-state index contributed by atoms with van der Waals surface area (Å²) in [5.41, 5.74) is 4.92. The van der Waals surface area contributed by atoms with Crippen LogP contribution < -0.4 is 5.56 Å². The van der Waals surface area contributed by atoms with Crippen LogP contribution in [0.15, 0.2) is 47.3 Å². The molecule has 0 fully saturated rings. The van der Waals surface area contributed by atoms with Gasteiger partial charge < -0.3 is 0 Å². The predicted octanol–water partition coefficient (Wildman–Crippen LogP) is 2.85. The van der Waals surface area contributed by atoms with Crippen LogP contribution >= 0.6 is 0 Å². The second-order valence-electron chi connectivity index (χ2n) is 5.39. The van der Waals surface area contributed by atoms with Crippen LogP contribution in [0.5, 0.6) is 0 Å². The number of hydrogen-bond donors (Lipinski definition) is 1. The molecule has 1 aromatic carbocycles. The maximum absolute atomic E-state index is 12.1. The number of rotatable bonds is 1. The van der Waals surface area contributed by atoms with E-state index in [4.69, 9.17) is 0 Å². The molecule has 4 aromatic rings. The molecule has 108 valence electrons. The first-order chi connectivity index (χ1) is 10.6. The summed E-state index contributed by atoms with van der Waals surface area (Å²) in [7, 11) is 0. The standard InChI is InChI=1S/C17H14N4O/c1-10-8-15(22)21-17(18-10)14-9-13(11(2)19-16(14)20-21)12-6-4-3-5-7-12/h3-9H,1-2H3,(H,19,20). The normalized spacial score (nSPS) is 11.4. The molecule has 0 amide bonds. The summed E-state index contributed by atoms with van der Waals surface area (Å²) in [6.45, 7) is 3.79. The molecule has 0 atom stereocenters. The lowest BCUT2D eigenvalue weighted by molar-refractivity contribution is 0.896. The highest BCUT2D eigenvalue weighted by atomic mass is 16.1. The van der Waals surface area contributed by atoms with Gasteiger partial charge in [0.25, 0.3) is 5.56 Å². The molecule has 0 aliphatic heterocycles. The average Bonchev–Trinajstić information content (AvgIpc) is 2.85. The molecule has 0 bridgehead atoms. The van der Waals surface area contributed by atoms with Gasteiger partial charge in [0.1, 0.15) is 0 Å². The molecule has 0 aliphatic carbocycles. The Morgan fingerprint density at radius 1 is 1.05 bits per heavy atom. The van der Waals surface area contributed by atoms with Crippen LogP contribution in [-0.2, 0) is 0 Å². The first kappa shape index (κ1) is 12.8. The third-order valence-corrected chi connectivity index (χ3v) is 3.80. The van der Waals surface area contributed by atoms with Crippen LogP contribution in [0.4, 0.5) is 0 Å². The molecule has 3 heterocycles. The molecule has 0 saturated heterocycles. The molecule has 3 aromatic heterocycles. The van der Waals surface area contributed by atoms with Crippen LogP contribution in [0, 0.1) is 13.8 Å². The molecule has 4 rings (SSSR count). The van der Waals surface area contributed by atoms with Crippen molar-refractivity contribution in [2.24, 2.45) is 0 Å². The summed E-state index contributed by atoms with van der Waals surface area (Å²) < 4.78 is 1.44. The molecule has 0 spiro atoms. The zero-order chi connectivity index (χ0) is 15.3. The van der Waals surface area contributed by atoms with Crippen molar-refractivity contribution >= 4 is 16.7 Å². The van der Waals surface area contributed by atoms with Crippen molar-refractivity contribution in [3.63, 3.8) is 0 Å². The number of fused-ring (bicyclic) bond motifs is 3. The molecule has 0 aliphatic rings. The van der Waals surface area contributed by atoms with E-state index in [2.05, 4.69) is 27.2 Å². The van der Waals surface area contributed by atoms with Crippen molar-refractivity contribution in [3.05, 3.63) is 64.2 Å². The highest BCUT2D eigenvalue weighted by Gasteiger charge is 2.12. The number of H-pyrrole nitrogens is 1. The van der Waals surface area contributed by atoms with Gasteiger partial charge in [-0.2, -0.15) is 4.52 Å². The molecule has 0 radical (unpaired) electrons. The Morgan fingerprint density at radius 3 is 2.59 bits per heavy atom. The number of pyridine rings is 1. The third kappa shape index (κ3) is 1.83. The van der Waals surface area contributed by atoms with Gasteiger partial charge in [0, 0.05) is 23.0 Å². The predicted molar refractivity (Wildman–Crippen MR) is 86.0 cm³/mol. The van der Waals surface area contributed by atoms with Gasteiger partial charge in [-0.05, 0) is 25.5 Å². The Kier molecular flexibility index (Phi) is 2.63. The SMILES string of the molecule is Cc1cc(=O)n2[nH]c3nc(C)c(-c4ccccc4)cc3c2n1. The number of aromatic nitrogens is 4. The van der Waals surface area contributed by atoms with Crippen molar-refractivity contribution in [3.8, 4) is 11.1 Å². The van der Waals surface area contributed by atoms with E-state index in [0.717, 1.165) is 22.2 Å². The van der Waals surface area contributed by atoms with Crippen molar-refractivity contribution in [1.82, 2.24) is 19.6 Å². The average molecular weight is 290 g/mol. The fourth-order valence-corrected chi connectivity index (χ4v) is 2.76. The number of aryl methyl sites for hydroxylation is 2. The van der Waals surface area contributed by atoms with E-state index in [9.17, 15) is 4.79 Å². The van der Waals surface area contributed by atoms with Gasteiger partial charge in [-0.15, -0.1) is 0 Å². The maximum Gasteiger partial charge on any atom is 0.272 e. The van der Waals surface area contributed by atoms with Gasteiger partial charge >= 0.3 is 0 Å². The van der Waals surface area contributed by atoms with Gasteiger partial charge in [-0.1, -0.05) is 30.3 Å². The molecule has 5 nitrogen and oxygen atoms in total. The van der Waals surface area contributed by atoms with Crippen LogP contribution in [0.3, 0.4) is 0 Å². The van der Waals surface area contributed by atoms with Crippen LogP contribution in [0.25, 0.3) is 27.8 Å². The number of hydrogen-bond acceptors (Lipinski definition) is 3. The smallest absolute Gasteiger partial charge is 0.272 e. The van der Waals surface area contributed by atoms with Crippen molar-refractivity contribution in [2.75, 3.05) is 0 Å². The molecule has 0 saturated carbocycles. The van der Waals surface area contributed by atoms with Crippen LogP contribution in [0.2, 0.25) is 0 Å². The van der Waals surface area contributed by atoms with Gasteiger partial charge in [-0.3, -0.25) is 9.89 Å². The lowest BCUT2D eigenvalue weighted by Gasteiger charge is -2.05. The van der Waals surface area contributed by atoms with Gasteiger partial charge in [0.05, 0.1) is 5.39 Å². The Bertz CT molecular complexity index is 1060. The molecule has 5 heteroatoms. The lowest BCUT2D eigenvalue weighted by atomic mass is 10.0. The monoisotopic (exact) mass is 290 g/mol. The maximum atomic E-state index is 12.1. The zero-order valence-electron chi connectivity index (χ0n) is 12.3. The van der Waals surface area contributed by atoms with E-state index in [1.54, 1.807) is 0 Å². The molecular weight excluding hydrogens is 276 g/mol. The molecule has 1 N–H and O–H groups in total. The topological polar surface area (TPSA) is 63.0 Å². The lowest BCUT2D eigenvalue weighted by Crippen LogP contribution is -2.14. The van der Waals surface area contributed by atoms with Crippen LogP contribution in [-0.4, -0.2) is 19.6 Å². The summed E-state index contributed by atoms with van der Waals surface area (Å²) in [6, 6.07) is 13.6. The van der Waals surface area contributed by atoms with E-state index in [1.165, 1.54) is 10.6 Å². The minimum Gasteiger partial charge on any atom is -0.272 e. The van der Waals surface area contributed by atoms with Gasteiger partial charge in [0.15, 0.2) is 11.3 Å². The first-order valence-electron chi connectivity index (χ1n) is 7.08. The fraction of sp³-hybridized carbons (Fsp3) is 0.118. The molecule has 0 unspecified atom stereocenters. The third-order valence-electron chi connectivity index (χ3n) is 3.80. The largest absolute Gasteiger partial charge is 0.272 e. The summed E-state index contributed by atoms with van der Waals surface area (Å²) in [6.07, 6.45) is 0. The number of nitrogens with one attached hydrogen (secondary N) is 1. The number of nitrogens with zero attached hydrogens (tertiary/aromatic N) is 3. The highest BCUT2D eigenvalue weighted by molar-refractivity contribution is 5.93. The van der Waals surface area contributed by atoms with Gasteiger partial charge in [-0.25, -0.2) is 9.97 Å². The zero-order valence-corrected chi connectivity index (χ0v) is 12.3. The minimum atomic E-state index is -0.126. The van der Waals surface area contributed by atoms with E-state index in [0.29, 0.717) is 17.0 Å². The minimum absolute atomic E-state index is 0.126. The van der Waals surface area contributed by atoms with Crippen molar-refractivity contribution < 1.29 is 0 Å². The van der Waals surface area contributed by atoms with Crippen LogP contribution in [0.1, 0.15) is 11.4 Å². The Balaban J connectivity index is 2.12. The summed E-state index contributed by atoms with van der Waals surface area (Å²) >= 11 is 0. The second-order valence-corrected chi connectivity index (χ2v) is 5.39. The van der Waals surface area contributed by atoms with E-state index in [-0.39, 0.29) is 5.56 Å². The van der Waals surface area contributed by atoms with E-state index < -0.39 is 0 Å². The fourth-order valence-electron chi connectivity index (χ4n) is 2.76.